The van der Waals surface area contributed by atoms with Gasteiger partial charge in [0.25, 0.3) is 11.8 Å². The highest BCUT2D eigenvalue weighted by molar-refractivity contribution is 7.89. The number of carbonyl (C=O) groups excluding carboxylic acids is 1. The van der Waals surface area contributed by atoms with Gasteiger partial charge in [0.15, 0.2) is 5.82 Å². The smallest absolute Gasteiger partial charge is 0.275 e. The Bertz CT molecular complexity index is 1040. The fourth-order valence-corrected chi connectivity index (χ4v) is 4.76. The van der Waals surface area contributed by atoms with Crippen LogP contribution in [0.15, 0.2) is 29.4 Å². The summed E-state index contributed by atoms with van der Waals surface area (Å²) in [6, 6.07) is 2.16. The van der Waals surface area contributed by atoms with E-state index in [0.29, 0.717) is 0 Å². The van der Waals surface area contributed by atoms with Gasteiger partial charge in [0.05, 0.1) is 0 Å². The van der Waals surface area contributed by atoms with E-state index in [9.17, 15) is 30.8 Å². The van der Waals surface area contributed by atoms with Crippen LogP contribution in [0.4, 0.5) is 23.2 Å². The molecule has 0 spiro atoms. The molecule has 0 aromatic carbocycles. The molecule has 1 amide bonds. The van der Waals surface area contributed by atoms with Crippen LogP contribution >= 0.6 is 0 Å². The van der Waals surface area contributed by atoms with Crippen LogP contribution in [-0.4, -0.2) is 35.3 Å². The van der Waals surface area contributed by atoms with Gasteiger partial charge >= 0.3 is 0 Å². The Hall–Kier alpha value is -2.47. The fourth-order valence-electron chi connectivity index (χ4n) is 3.23. The first-order valence-corrected chi connectivity index (χ1v) is 9.50. The van der Waals surface area contributed by atoms with E-state index < -0.39 is 62.6 Å². The molecule has 0 bridgehead atoms. The van der Waals surface area contributed by atoms with Gasteiger partial charge < -0.3 is 9.88 Å². The summed E-state index contributed by atoms with van der Waals surface area (Å²) < 4.78 is 82.0. The molecule has 0 saturated heterocycles. The lowest BCUT2D eigenvalue weighted by Crippen LogP contribution is -2.60. The maximum atomic E-state index is 14.7. The Kier molecular flexibility index (Phi) is 4.74. The second-order valence-electron chi connectivity index (χ2n) is 6.96. The number of halogens is 4. The molecule has 1 aliphatic rings. The van der Waals surface area contributed by atoms with E-state index in [4.69, 9.17) is 0 Å². The number of amides is 1. The summed E-state index contributed by atoms with van der Waals surface area (Å²) in [7, 11) is -3.26. The van der Waals surface area contributed by atoms with Gasteiger partial charge in [-0.15, -0.1) is 0 Å². The fraction of sp³-hybridized carbons (Fsp3) is 0.375. The van der Waals surface area contributed by atoms with Gasteiger partial charge in [0.2, 0.25) is 16.0 Å². The number of nitrogens with one attached hydrogen (secondary N) is 2. The number of aryl methyl sites for hydroxylation is 1. The first-order valence-electron chi connectivity index (χ1n) is 8.01. The molecule has 12 heteroatoms. The molecule has 0 atom stereocenters. The lowest BCUT2D eigenvalue weighted by Gasteiger charge is -2.44. The SMILES string of the molecule is Cn1cc(S(=O)(=O)NC2(C)CC(F)(F)C2)c(F)c1C(=O)Nc1ccnc(F)c1. The molecule has 2 heterocycles. The highest BCUT2D eigenvalue weighted by Crippen LogP contribution is 2.46. The first-order chi connectivity index (χ1) is 12.8. The number of carbonyl (C=O) groups is 1. The number of sulfonamides is 1. The normalized spacial score (nSPS) is 17.8. The summed E-state index contributed by atoms with van der Waals surface area (Å²) in [6.45, 7) is 1.29. The largest absolute Gasteiger partial charge is 0.343 e. The minimum absolute atomic E-state index is 0.00940. The quantitative estimate of drug-likeness (QED) is 0.574. The Morgan fingerprint density at radius 2 is 1.93 bits per heavy atom. The number of anilines is 1. The summed E-state index contributed by atoms with van der Waals surface area (Å²) in [5, 5.41) is 2.23. The van der Waals surface area contributed by atoms with Crippen LogP contribution in [0.1, 0.15) is 30.3 Å². The molecule has 0 aliphatic heterocycles. The van der Waals surface area contributed by atoms with Crippen molar-refractivity contribution in [3.63, 3.8) is 0 Å². The van der Waals surface area contributed by atoms with Crippen molar-refractivity contribution in [3.8, 4) is 0 Å². The van der Waals surface area contributed by atoms with Gasteiger partial charge in [-0.3, -0.25) is 4.79 Å². The van der Waals surface area contributed by atoms with E-state index >= 15 is 0 Å². The topological polar surface area (TPSA) is 93.1 Å². The van der Waals surface area contributed by atoms with Crippen LogP contribution < -0.4 is 10.0 Å². The van der Waals surface area contributed by atoms with Crippen molar-refractivity contribution in [1.82, 2.24) is 14.3 Å². The highest BCUT2D eigenvalue weighted by atomic mass is 32.2. The van der Waals surface area contributed by atoms with Crippen LogP contribution in [0.2, 0.25) is 0 Å². The second kappa shape index (κ2) is 6.55. The van der Waals surface area contributed by atoms with Crippen LogP contribution in [0.25, 0.3) is 0 Å². The number of rotatable bonds is 5. The molecule has 2 N–H and O–H groups in total. The third-order valence-electron chi connectivity index (χ3n) is 4.26. The van der Waals surface area contributed by atoms with E-state index in [1.807, 2.05) is 0 Å². The molecule has 0 radical (unpaired) electrons. The van der Waals surface area contributed by atoms with Crippen LogP contribution in [0, 0.1) is 11.8 Å². The van der Waals surface area contributed by atoms with Gasteiger partial charge in [0.1, 0.15) is 10.6 Å². The summed E-state index contributed by atoms with van der Waals surface area (Å²) in [6.07, 6.45) is 0.518. The number of nitrogens with zero attached hydrogens (tertiary/aromatic N) is 2. The number of aromatic nitrogens is 2. The van der Waals surface area contributed by atoms with Crippen molar-refractivity contribution in [2.24, 2.45) is 7.05 Å². The van der Waals surface area contributed by atoms with Crippen molar-refractivity contribution >= 4 is 21.6 Å². The lowest BCUT2D eigenvalue weighted by atomic mass is 9.76. The van der Waals surface area contributed by atoms with Crippen LogP contribution in [0.3, 0.4) is 0 Å². The second-order valence-corrected chi connectivity index (χ2v) is 8.61. The molecule has 1 saturated carbocycles. The molecule has 2 aromatic heterocycles. The van der Waals surface area contributed by atoms with Gasteiger partial charge in [-0.05, 0) is 13.0 Å². The minimum atomic E-state index is -4.50. The number of pyridine rings is 1. The molecule has 1 aliphatic carbocycles. The number of hydrogen-bond donors (Lipinski definition) is 2. The predicted octanol–water partition coefficient (Wildman–Crippen LogP) is 2.42. The van der Waals surface area contributed by atoms with E-state index in [1.54, 1.807) is 0 Å². The lowest BCUT2D eigenvalue weighted by molar-refractivity contribution is -0.121. The van der Waals surface area contributed by atoms with E-state index in [-0.39, 0.29) is 5.69 Å². The summed E-state index contributed by atoms with van der Waals surface area (Å²) in [5.41, 5.74) is -2.05. The molecule has 7 nitrogen and oxygen atoms in total. The van der Waals surface area contributed by atoms with Crippen molar-refractivity contribution < 1.29 is 30.8 Å². The molecular weight excluding hydrogens is 404 g/mol. The van der Waals surface area contributed by atoms with Crippen molar-refractivity contribution in [2.45, 2.75) is 36.1 Å². The predicted molar refractivity (Wildman–Crippen MR) is 90.4 cm³/mol. The van der Waals surface area contributed by atoms with Crippen LogP contribution in [-0.2, 0) is 17.1 Å². The number of alkyl halides is 2. The Labute approximate surface area is 157 Å². The van der Waals surface area contributed by atoms with E-state index in [0.717, 1.165) is 23.0 Å². The zero-order chi connectivity index (χ0) is 20.9. The monoisotopic (exact) mass is 420 g/mol. The Morgan fingerprint density at radius 1 is 1.29 bits per heavy atom. The highest BCUT2D eigenvalue weighted by Gasteiger charge is 2.55. The molecule has 2 aromatic rings. The van der Waals surface area contributed by atoms with Crippen molar-refractivity contribution in [2.75, 3.05) is 5.32 Å². The molecule has 28 heavy (non-hydrogen) atoms. The summed E-state index contributed by atoms with van der Waals surface area (Å²) in [4.78, 5) is 14.8. The zero-order valence-electron chi connectivity index (χ0n) is 14.8. The first kappa shape index (κ1) is 20.3. The van der Waals surface area contributed by atoms with Crippen molar-refractivity contribution in [1.29, 1.82) is 0 Å². The average Bonchev–Trinajstić information content (AvgIpc) is 2.80. The third-order valence-corrected chi connectivity index (χ3v) is 5.88. The van der Waals surface area contributed by atoms with E-state index in [2.05, 4.69) is 15.0 Å². The molecule has 152 valence electrons. The summed E-state index contributed by atoms with van der Waals surface area (Å²) >= 11 is 0. The van der Waals surface area contributed by atoms with Gasteiger partial charge in [-0.25, -0.2) is 31.3 Å². The maximum Gasteiger partial charge on any atom is 0.275 e. The van der Waals surface area contributed by atoms with Crippen molar-refractivity contribution in [3.05, 3.63) is 42.0 Å². The molecule has 3 rings (SSSR count). The molecule has 1 fully saturated rings. The number of hydrogen-bond acceptors (Lipinski definition) is 4. The van der Waals surface area contributed by atoms with E-state index in [1.165, 1.54) is 20.0 Å². The van der Waals surface area contributed by atoms with Gasteiger partial charge in [0, 0.05) is 49.6 Å². The standard InChI is InChI=1S/C16H16F4N4O3S/c1-15(7-16(19,20)8-15)23-28(26,27)10-6-24(2)13(12(10)18)14(25)22-9-3-4-21-11(17)5-9/h3-6,23H,7-8H2,1-2H3,(H,21,22,25). The maximum absolute atomic E-state index is 14.7. The van der Waals surface area contributed by atoms with Gasteiger partial charge in [-0.2, -0.15) is 4.39 Å². The minimum Gasteiger partial charge on any atom is -0.343 e. The molecule has 0 unspecified atom stereocenters. The molecular formula is C16H16F4N4O3S. The Balaban J connectivity index is 1.86. The summed E-state index contributed by atoms with van der Waals surface area (Å²) in [5.74, 6) is -6.23. The van der Waals surface area contributed by atoms with Gasteiger partial charge in [-0.1, -0.05) is 0 Å². The third kappa shape index (κ3) is 3.87. The zero-order valence-corrected chi connectivity index (χ0v) is 15.6. The average molecular weight is 420 g/mol. The van der Waals surface area contributed by atoms with Crippen LogP contribution in [0.5, 0.6) is 0 Å². The Morgan fingerprint density at radius 3 is 2.50 bits per heavy atom.